The number of carbonyl (C=O) groups excluding carboxylic acids is 1. The van der Waals surface area contributed by atoms with Crippen molar-refractivity contribution in [2.75, 3.05) is 11.9 Å². The van der Waals surface area contributed by atoms with Crippen molar-refractivity contribution in [3.63, 3.8) is 0 Å². The van der Waals surface area contributed by atoms with Gasteiger partial charge >= 0.3 is 0 Å². The molecule has 0 spiro atoms. The smallest absolute Gasteiger partial charge is 0.255 e. The Morgan fingerprint density at radius 1 is 1.14 bits per heavy atom. The van der Waals surface area contributed by atoms with Gasteiger partial charge in [0.15, 0.2) is 0 Å². The fourth-order valence-electron chi connectivity index (χ4n) is 5.72. The van der Waals surface area contributed by atoms with E-state index in [1.807, 2.05) is 24.4 Å². The number of halogens is 1. The van der Waals surface area contributed by atoms with Crippen LogP contribution in [0.1, 0.15) is 79.8 Å². The summed E-state index contributed by atoms with van der Waals surface area (Å²) in [5.41, 5.74) is 3.17. The van der Waals surface area contributed by atoms with Crippen LogP contribution in [-0.4, -0.2) is 59.8 Å². The van der Waals surface area contributed by atoms with Gasteiger partial charge in [-0.15, -0.1) is 0 Å². The molecular weight excluding hydrogens is 547 g/mol. The predicted molar refractivity (Wildman–Crippen MR) is 160 cm³/mol. The number of aliphatic hydroxyl groups is 1. The largest absolute Gasteiger partial charge is 0.387 e. The van der Waals surface area contributed by atoms with Crippen molar-refractivity contribution in [1.29, 1.82) is 5.26 Å². The normalized spacial score (nSPS) is 19.6. The molecule has 1 amide bonds. The maximum Gasteiger partial charge on any atom is 0.255 e. The average molecular weight is 585 g/mol. The SMILES string of the molecule is CC(C)(O)[C@H](F)CNC(=O)c1cnc(-c2ccc3cc(C#N)cnn23)cc1N[C@H]1CC[C@H](c2cnn(CC3CC3)c2)CC1. The van der Waals surface area contributed by atoms with E-state index in [9.17, 15) is 19.6 Å². The Morgan fingerprint density at radius 3 is 2.65 bits per heavy atom. The van der Waals surface area contributed by atoms with E-state index in [-0.39, 0.29) is 12.6 Å². The minimum atomic E-state index is -1.62. The molecule has 10 nitrogen and oxygen atoms in total. The second kappa shape index (κ2) is 11.8. The van der Waals surface area contributed by atoms with Crippen LogP contribution in [-0.2, 0) is 6.54 Å². The number of rotatable bonds is 10. The molecule has 0 unspecified atom stereocenters. The zero-order valence-corrected chi connectivity index (χ0v) is 24.5. The first kappa shape index (κ1) is 28.8. The van der Waals surface area contributed by atoms with Crippen molar-refractivity contribution in [1.82, 2.24) is 29.7 Å². The van der Waals surface area contributed by atoms with Gasteiger partial charge in [-0.25, -0.2) is 8.91 Å². The zero-order valence-electron chi connectivity index (χ0n) is 24.5. The first-order valence-corrected chi connectivity index (χ1v) is 15.0. The minimum Gasteiger partial charge on any atom is -0.387 e. The maximum atomic E-state index is 14.4. The van der Waals surface area contributed by atoms with Gasteiger partial charge in [-0.2, -0.15) is 15.5 Å². The van der Waals surface area contributed by atoms with Crippen LogP contribution in [0, 0.1) is 17.2 Å². The number of nitrogens with zero attached hydrogens (tertiary/aromatic N) is 6. The highest BCUT2D eigenvalue weighted by Gasteiger charge is 2.29. The Bertz CT molecular complexity index is 1650. The molecule has 0 aliphatic heterocycles. The lowest BCUT2D eigenvalue weighted by Crippen LogP contribution is -2.42. The number of nitrogens with one attached hydrogen (secondary N) is 2. The van der Waals surface area contributed by atoms with Gasteiger partial charge < -0.3 is 15.7 Å². The molecule has 2 aliphatic carbocycles. The van der Waals surface area contributed by atoms with E-state index in [1.54, 1.807) is 10.6 Å². The first-order valence-electron chi connectivity index (χ1n) is 15.0. The van der Waals surface area contributed by atoms with Crippen molar-refractivity contribution in [2.24, 2.45) is 5.92 Å². The summed E-state index contributed by atoms with van der Waals surface area (Å²) in [6.45, 7) is 3.43. The maximum absolute atomic E-state index is 14.4. The fourth-order valence-corrected chi connectivity index (χ4v) is 5.72. The van der Waals surface area contributed by atoms with Crippen molar-refractivity contribution in [3.8, 4) is 17.5 Å². The highest BCUT2D eigenvalue weighted by atomic mass is 19.1. The molecule has 0 saturated heterocycles. The van der Waals surface area contributed by atoms with E-state index in [0.29, 0.717) is 34.1 Å². The van der Waals surface area contributed by atoms with Gasteiger partial charge in [0.2, 0.25) is 0 Å². The molecule has 4 heterocycles. The van der Waals surface area contributed by atoms with Crippen LogP contribution in [0.3, 0.4) is 0 Å². The van der Waals surface area contributed by atoms with Gasteiger partial charge in [0.05, 0.1) is 58.3 Å². The van der Waals surface area contributed by atoms with E-state index in [0.717, 1.165) is 43.7 Å². The van der Waals surface area contributed by atoms with Crippen LogP contribution in [0.2, 0.25) is 0 Å². The van der Waals surface area contributed by atoms with Crippen LogP contribution < -0.4 is 10.6 Å². The second-order valence-corrected chi connectivity index (χ2v) is 12.5. The number of anilines is 1. The summed E-state index contributed by atoms with van der Waals surface area (Å²) in [6.07, 6.45) is 12.1. The van der Waals surface area contributed by atoms with Crippen LogP contribution >= 0.6 is 0 Å². The number of carbonyl (C=O) groups is 1. The van der Waals surface area contributed by atoms with Crippen LogP contribution in [0.5, 0.6) is 0 Å². The topological polar surface area (TPSA) is 133 Å². The highest BCUT2D eigenvalue weighted by molar-refractivity contribution is 6.00. The third kappa shape index (κ3) is 6.54. The molecule has 2 saturated carbocycles. The number of aromatic nitrogens is 5. The molecule has 3 N–H and O–H groups in total. The van der Waals surface area contributed by atoms with E-state index in [2.05, 4.69) is 42.8 Å². The summed E-state index contributed by atoms with van der Waals surface area (Å²) in [5.74, 6) is 0.773. The summed E-state index contributed by atoms with van der Waals surface area (Å²) < 4.78 is 18.2. The number of pyridine rings is 1. The molecule has 43 heavy (non-hydrogen) atoms. The fraction of sp³-hybridized carbons (Fsp3) is 0.469. The van der Waals surface area contributed by atoms with Gasteiger partial charge in [0, 0.05) is 25.0 Å². The molecule has 224 valence electrons. The Labute approximate surface area is 249 Å². The predicted octanol–water partition coefficient (Wildman–Crippen LogP) is 4.85. The summed E-state index contributed by atoms with van der Waals surface area (Å²) >= 11 is 0. The standard InChI is InChI=1S/C32H37FN8O2/c1-32(2,43)30(33)17-36-31(42)26-16-35-28(29-10-9-25-11-21(13-34)14-38-41(25)29)12-27(26)39-24-7-5-22(6-8-24)23-15-37-40(19-23)18-20-3-4-20/h9-12,14-16,19-20,22,24,30,43H,3-8,17-18H2,1-2H3,(H,35,39)(H,36,42)/t22-,24-,30-/m1/s1. The number of nitriles is 1. The molecule has 0 aromatic carbocycles. The van der Waals surface area contributed by atoms with Crippen LogP contribution in [0.25, 0.3) is 16.9 Å². The molecule has 0 radical (unpaired) electrons. The Hall–Kier alpha value is -4.30. The molecule has 0 bridgehead atoms. The van der Waals surface area contributed by atoms with Gasteiger partial charge in [0.1, 0.15) is 12.2 Å². The summed E-state index contributed by atoms with van der Waals surface area (Å²) in [7, 11) is 0. The van der Waals surface area contributed by atoms with E-state index >= 15 is 0 Å². The number of hydrogen-bond donors (Lipinski definition) is 3. The third-order valence-electron chi connectivity index (χ3n) is 8.60. The lowest BCUT2D eigenvalue weighted by Gasteiger charge is -2.30. The molecule has 2 aliphatic rings. The summed E-state index contributed by atoms with van der Waals surface area (Å²) in [6, 6.07) is 9.57. The summed E-state index contributed by atoms with van der Waals surface area (Å²) in [5, 5.41) is 34.4. The van der Waals surface area contributed by atoms with Crippen molar-refractivity contribution in [3.05, 3.63) is 65.7 Å². The Morgan fingerprint density at radius 2 is 1.93 bits per heavy atom. The highest BCUT2D eigenvalue weighted by Crippen LogP contribution is 2.36. The quantitative estimate of drug-likeness (QED) is 0.243. The van der Waals surface area contributed by atoms with Crippen LogP contribution in [0.15, 0.2) is 49.1 Å². The number of alkyl halides is 1. The van der Waals surface area contributed by atoms with Crippen molar-refractivity contribution < 1.29 is 14.3 Å². The Kier molecular flexibility index (Phi) is 7.88. The molecule has 4 aromatic rings. The lowest BCUT2D eigenvalue weighted by atomic mass is 9.83. The zero-order chi connectivity index (χ0) is 30.1. The van der Waals surface area contributed by atoms with Crippen molar-refractivity contribution in [2.45, 2.75) is 82.6 Å². The monoisotopic (exact) mass is 584 g/mol. The number of amides is 1. The van der Waals surface area contributed by atoms with E-state index < -0.39 is 17.7 Å². The van der Waals surface area contributed by atoms with Gasteiger partial charge in [-0.1, -0.05) is 0 Å². The number of hydrogen-bond acceptors (Lipinski definition) is 7. The lowest BCUT2D eigenvalue weighted by molar-refractivity contribution is -0.00177. The molecule has 2 fully saturated rings. The van der Waals surface area contributed by atoms with Crippen molar-refractivity contribution >= 4 is 17.1 Å². The molecular formula is C32H37FN8O2. The first-order chi connectivity index (χ1) is 20.7. The molecule has 1 atom stereocenters. The molecule has 11 heteroatoms. The van der Waals surface area contributed by atoms with Gasteiger partial charge in [-0.05, 0) is 94.0 Å². The second-order valence-electron chi connectivity index (χ2n) is 12.5. The number of fused-ring (bicyclic) bond motifs is 1. The van der Waals surface area contributed by atoms with Gasteiger partial charge in [-0.3, -0.25) is 14.5 Å². The van der Waals surface area contributed by atoms with Crippen LogP contribution in [0.4, 0.5) is 10.1 Å². The van der Waals surface area contributed by atoms with E-state index in [4.69, 9.17) is 0 Å². The third-order valence-corrected chi connectivity index (χ3v) is 8.60. The Balaban J connectivity index is 1.21. The average Bonchev–Trinajstić information content (AvgIpc) is 3.52. The van der Waals surface area contributed by atoms with E-state index in [1.165, 1.54) is 44.6 Å². The summed E-state index contributed by atoms with van der Waals surface area (Å²) in [4.78, 5) is 17.8. The molecule has 6 rings (SSSR count). The minimum absolute atomic E-state index is 0.144. The van der Waals surface area contributed by atoms with Gasteiger partial charge in [0.25, 0.3) is 5.91 Å². The molecule has 4 aromatic heterocycles.